The third-order valence-electron chi connectivity index (χ3n) is 14.3. The van der Waals surface area contributed by atoms with Crippen LogP contribution >= 0.6 is 0 Å². The molecule has 2 fully saturated rings. The minimum atomic E-state index is -1.25. The van der Waals surface area contributed by atoms with Crippen LogP contribution in [-0.4, -0.2) is 104 Å². The van der Waals surface area contributed by atoms with Crippen molar-refractivity contribution < 1.29 is 33.9 Å². The van der Waals surface area contributed by atoms with Gasteiger partial charge in [0.1, 0.15) is 24.1 Å². The molecular weight excluding hydrogens is 899 g/mol. The Balaban J connectivity index is 0.962. The van der Waals surface area contributed by atoms with Gasteiger partial charge in [0.05, 0.1) is 66.3 Å². The van der Waals surface area contributed by atoms with E-state index >= 15 is 0 Å². The molecule has 6 heterocycles. The highest BCUT2D eigenvalue weighted by molar-refractivity contribution is 5.92. The van der Waals surface area contributed by atoms with Crippen molar-refractivity contribution in [2.75, 3.05) is 34.0 Å². The predicted octanol–water partition coefficient (Wildman–Crippen LogP) is 8.71. The summed E-state index contributed by atoms with van der Waals surface area (Å²) >= 11 is 0. The highest BCUT2D eigenvalue weighted by atomic mass is 17.2. The van der Waals surface area contributed by atoms with E-state index in [9.17, 15) is 14.7 Å². The maximum absolute atomic E-state index is 13.9. The zero-order valence-electron chi connectivity index (χ0n) is 41.1. The Labute approximate surface area is 413 Å². The first-order valence-corrected chi connectivity index (χ1v) is 24.7. The van der Waals surface area contributed by atoms with E-state index in [1.54, 1.807) is 0 Å². The normalized spacial score (nSPS) is 19.0. The van der Waals surface area contributed by atoms with Crippen LogP contribution in [0.4, 0.5) is 0 Å². The molecule has 4 aromatic carbocycles. The number of aromatic amines is 2. The van der Waals surface area contributed by atoms with Crippen LogP contribution in [0, 0.1) is 11.8 Å². The fourth-order valence-corrected chi connectivity index (χ4v) is 10.6. The van der Waals surface area contributed by atoms with Gasteiger partial charge in [0.2, 0.25) is 24.5 Å². The fraction of sp³-hybridized carbons (Fsp3) is 0.382. The topological polar surface area (TPSA) is 184 Å². The fourth-order valence-electron chi connectivity index (χ4n) is 10.6. The zero-order valence-corrected chi connectivity index (χ0v) is 41.1. The Hall–Kier alpha value is -6.66. The van der Waals surface area contributed by atoms with E-state index in [1.807, 2.05) is 68.1 Å². The summed E-state index contributed by atoms with van der Waals surface area (Å²) in [6.45, 7) is 9.30. The molecule has 6 unspecified atom stereocenters. The molecule has 0 radical (unpaired) electrons. The summed E-state index contributed by atoms with van der Waals surface area (Å²) in [5.74, 6) is 2.12. The van der Waals surface area contributed by atoms with Crippen LogP contribution in [0.3, 0.4) is 0 Å². The van der Waals surface area contributed by atoms with Crippen LogP contribution in [0.5, 0.6) is 5.75 Å². The van der Waals surface area contributed by atoms with Gasteiger partial charge < -0.3 is 38.9 Å². The summed E-state index contributed by atoms with van der Waals surface area (Å²) in [4.78, 5) is 58.3. The molecule has 16 nitrogen and oxygen atoms in total. The number of hydrogen-bond donors (Lipinski definition) is 5. The minimum Gasteiger partial charge on any atom is -0.465 e. The van der Waals surface area contributed by atoms with Gasteiger partial charge in [-0.15, -0.1) is 0 Å². The average Bonchev–Trinajstić information content (AvgIpc) is 4.26. The molecule has 0 aliphatic carbocycles. The van der Waals surface area contributed by atoms with Gasteiger partial charge in [-0.05, 0) is 79.0 Å². The number of likely N-dealkylation sites (tertiary alicyclic amines) is 2. The first kappa shape index (κ1) is 48.0. The summed E-state index contributed by atoms with van der Waals surface area (Å²) in [7, 11) is 2.84. The predicted molar refractivity (Wildman–Crippen MR) is 270 cm³/mol. The minimum absolute atomic E-state index is 0.0212. The number of carbonyl (C=O) groups is 2. The highest BCUT2D eigenvalue weighted by Gasteiger charge is 2.39. The standard InChI is InChI=1S/C55H63N9O7/c1-32(2)48(58-31-70-69-6)52(65)62-24-10-14-44(62)50-56-29-41(59-50)37-21-23-43-39(26-37)27-46-40-22-20-38(28-47(40)71-54(64(43)46)36-18-16-35(17-19-36)34-12-8-7-9-13-34)42-30-57-51(60-42)45-15-11-25-63(45)53(66)49(33(3)4)61-55(67)68-5/h7-9,12-13,16-23,26-30,32-33,44-45,48-49,54-55,58,61,67H,10-11,14-15,24-25,31H2,1-6H3,(H,56,59)(H,57,60). The maximum atomic E-state index is 13.9. The molecule has 71 heavy (non-hydrogen) atoms. The second-order valence-electron chi connectivity index (χ2n) is 19.4. The Morgan fingerprint density at radius 3 is 1.96 bits per heavy atom. The van der Waals surface area contributed by atoms with Gasteiger partial charge in [-0.1, -0.05) is 94.4 Å². The van der Waals surface area contributed by atoms with E-state index < -0.39 is 24.7 Å². The van der Waals surface area contributed by atoms with Crippen LogP contribution in [0.2, 0.25) is 0 Å². The molecule has 10 rings (SSSR count). The number of nitrogens with zero attached hydrogens (tertiary/aromatic N) is 5. The Morgan fingerprint density at radius 2 is 1.34 bits per heavy atom. The van der Waals surface area contributed by atoms with Crippen molar-refractivity contribution in [3.63, 3.8) is 0 Å². The number of aliphatic hydroxyl groups excluding tert-OH is 1. The van der Waals surface area contributed by atoms with Gasteiger partial charge in [0.15, 0.2) is 0 Å². The lowest BCUT2D eigenvalue weighted by atomic mass is 10.0. The number of carbonyl (C=O) groups excluding carboxylic acids is 2. The average molecular weight is 962 g/mol. The molecule has 6 atom stereocenters. The van der Waals surface area contributed by atoms with Gasteiger partial charge in [-0.2, -0.15) is 0 Å². The number of rotatable bonds is 17. The Morgan fingerprint density at radius 1 is 0.746 bits per heavy atom. The van der Waals surface area contributed by atoms with Crippen LogP contribution < -0.4 is 15.4 Å². The van der Waals surface area contributed by atoms with Crippen molar-refractivity contribution >= 4 is 22.7 Å². The summed E-state index contributed by atoms with van der Waals surface area (Å²) in [5.41, 5.74) is 9.84. The van der Waals surface area contributed by atoms with Crippen molar-refractivity contribution in [2.24, 2.45) is 11.8 Å². The van der Waals surface area contributed by atoms with Crippen LogP contribution in [0.1, 0.15) is 88.9 Å². The molecule has 7 aromatic rings. The number of methoxy groups -OCH3 is 1. The summed E-state index contributed by atoms with van der Waals surface area (Å²) in [6.07, 6.45) is 5.28. The largest absolute Gasteiger partial charge is 0.465 e. The smallest absolute Gasteiger partial charge is 0.240 e. The van der Waals surface area contributed by atoms with Crippen LogP contribution in [0.15, 0.2) is 109 Å². The number of hydrogen-bond acceptors (Lipinski definition) is 11. The van der Waals surface area contributed by atoms with Gasteiger partial charge >= 0.3 is 0 Å². The Bertz CT molecular complexity index is 2980. The molecule has 3 aliphatic rings. The number of benzene rings is 4. The third kappa shape index (κ3) is 9.51. The van der Waals surface area contributed by atoms with E-state index in [0.717, 1.165) is 98.6 Å². The first-order valence-electron chi connectivity index (χ1n) is 24.7. The molecule has 370 valence electrons. The van der Waals surface area contributed by atoms with Crippen molar-refractivity contribution in [1.82, 2.24) is 44.9 Å². The van der Waals surface area contributed by atoms with Crippen molar-refractivity contribution in [3.05, 3.63) is 127 Å². The number of imidazole rings is 2. The third-order valence-corrected chi connectivity index (χ3v) is 14.3. The van der Waals surface area contributed by atoms with Crippen molar-refractivity contribution in [1.29, 1.82) is 0 Å². The number of fused-ring (bicyclic) bond motifs is 5. The number of ether oxygens (including phenoxy) is 2. The second-order valence-corrected chi connectivity index (χ2v) is 19.4. The van der Waals surface area contributed by atoms with Crippen LogP contribution in [-0.2, 0) is 24.1 Å². The van der Waals surface area contributed by atoms with Gasteiger partial charge in [-0.25, -0.2) is 19.7 Å². The zero-order chi connectivity index (χ0) is 49.3. The van der Waals surface area contributed by atoms with E-state index in [2.05, 4.69) is 104 Å². The number of aromatic nitrogens is 5. The summed E-state index contributed by atoms with van der Waals surface area (Å²) < 4.78 is 14.4. The van der Waals surface area contributed by atoms with Gasteiger partial charge in [0.25, 0.3) is 0 Å². The second kappa shape index (κ2) is 20.6. The lowest BCUT2D eigenvalue weighted by molar-refractivity contribution is -0.278. The number of aliphatic hydroxyl groups is 1. The Kier molecular flexibility index (Phi) is 13.9. The van der Waals surface area contributed by atoms with Gasteiger partial charge in [-0.3, -0.25) is 20.2 Å². The molecule has 2 saturated heterocycles. The quantitative estimate of drug-likeness (QED) is 0.0255. The first-order chi connectivity index (χ1) is 34.5. The van der Waals surface area contributed by atoms with Crippen molar-refractivity contribution in [2.45, 2.75) is 90.2 Å². The molecule has 0 spiro atoms. The monoisotopic (exact) mass is 961 g/mol. The SMILES string of the molecule is COOCNC(C(=O)N1CCCC1c1ncc(-c2ccc3c(c2)cc2n3C(c3ccc(-c4ccccc4)cc3)Oc3cc(-c4cnc(C5CCCN5C(=O)C(NC(O)OC)C(C)C)[nH]4)ccc3-2)[nH]1)C(C)C. The lowest BCUT2D eigenvalue weighted by Crippen LogP contribution is -2.52. The molecule has 5 N–H and O–H groups in total. The molecule has 3 aliphatic heterocycles. The van der Waals surface area contributed by atoms with Crippen molar-refractivity contribution in [3.8, 4) is 50.6 Å². The highest BCUT2D eigenvalue weighted by Crippen LogP contribution is 2.46. The van der Waals surface area contributed by atoms with E-state index in [-0.39, 0.29) is 42.5 Å². The van der Waals surface area contributed by atoms with E-state index in [0.29, 0.717) is 18.9 Å². The molecule has 0 saturated carbocycles. The molecule has 3 aromatic heterocycles. The number of H-pyrrole nitrogens is 2. The van der Waals surface area contributed by atoms with E-state index in [1.165, 1.54) is 14.2 Å². The summed E-state index contributed by atoms with van der Waals surface area (Å²) in [6, 6.07) is 32.4. The molecular formula is C55H63N9O7. The number of amides is 2. The van der Waals surface area contributed by atoms with Gasteiger partial charge in [0, 0.05) is 47.8 Å². The lowest BCUT2D eigenvalue weighted by Gasteiger charge is -2.31. The maximum Gasteiger partial charge on any atom is 0.240 e. The van der Waals surface area contributed by atoms with E-state index in [4.69, 9.17) is 29.2 Å². The molecule has 0 bridgehead atoms. The summed E-state index contributed by atoms with van der Waals surface area (Å²) in [5, 5.41) is 17.4. The van der Waals surface area contributed by atoms with Crippen LogP contribution in [0.25, 0.3) is 55.8 Å². The number of nitrogens with one attached hydrogen (secondary N) is 4. The molecule has 16 heteroatoms. The molecule has 2 amide bonds.